The fourth-order valence-electron chi connectivity index (χ4n) is 2.70. The Kier molecular flexibility index (Phi) is 6.43. The van der Waals surface area contributed by atoms with Crippen molar-refractivity contribution >= 4 is 58.2 Å². The molecule has 0 atom stereocenters. The third-order valence-corrected chi connectivity index (χ3v) is 4.82. The van der Waals surface area contributed by atoms with Crippen LogP contribution in [0.25, 0.3) is 6.08 Å². The molecule has 2 aromatic carbocycles. The number of ether oxygens (including phenoxy) is 1. The van der Waals surface area contributed by atoms with E-state index in [4.69, 9.17) is 39.5 Å². The SMILES string of the molecule is O=C(C=Cc1ccc(Cl)cc1Cl)Nc1cccc(Cl)c1N1CCOCC1. The monoisotopic (exact) mass is 410 g/mol. The maximum absolute atomic E-state index is 12.4. The summed E-state index contributed by atoms with van der Waals surface area (Å²) in [5.41, 5.74) is 2.19. The highest BCUT2D eigenvalue weighted by molar-refractivity contribution is 6.35. The second-order valence-corrected chi connectivity index (χ2v) is 6.97. The smallest absolute Gasteiger partial charge is 0.248 e. The zero-order chi connectivity index (χ0) is 18.5. The summed E-state index contributed by atoms with van der Waals surface area (Å²) in [5.74, 6) is -0.271. The summed E-state index contributed by atoms with van der Waals surface area (Å²) in [6, 6.07) is 10.6. The van der Waals surface area contributed by atoms with Gasteiger partial charge in [0, 0.05) is 29.2 Å². The average molecular weight is 412 g/mol. The Morgan fingerprint density at radius 3 is 2.58 bits per heavy atom. The lowest BCUT2D eigenvalue weighted by molar-refractivity contribution is -0.111. The largest absolute Gasteiger partial charge is 0.378 e. The van der Waals surface area contributed by atoms with Crippen LogP contribution in [0, 0.1) is 0 Å². The highest BCUT2D eigenvalue weighted by atomic mass is 35.5. The van der Waals surface area contributed by atoms with E-state index in [9.17, 15) is 4.79 Å². The fraction of sp³-hybridized carbons (Fsp3) is 0.211. The minimum atomic E-state index is -0.271. The van der Waals surface area contributed by atoms with Crippen molar-refractivity contribution in [1.29, 1.82) is 0 Å². The molecule has 26 heavy (non-hydrogen) atoms. The summed E-state index contributed by atoms with van der Waals surface area (Å²) >= 11 is 18.4. The molecule has 0 saturated carbocycles. The Morgan fingerprint density at radius 2 is 1.85 bits per heavy atom. The van der Waals surface area contributed by atoms with Crippen molar-refractivity contribution in [3.8, 4) is 0 Å². The number of amides is 1. The molecule has 0 radical (unpaired) electrons. The molecule has 1 aliphatic rings. The van der Waals surface area contributed by atoms with Crippen molar-refractivity contribution in [2.45, 2.75) is 0 Å². The molecule has 0 aromatic heterocycles. The molecule has 3 rings (SSSR count). The van der Waals surface area contributed by atoms with E-state index >= 15 is 0 Å². The van der Waals surface area contributed by atoms with Crippen LogP contribution in [0.2, 0.25) is 15.1 Å². The molecule has 1 saturated heterocycles. The molecule has 136 valence electrons. The first-order valence-electron chi connectivity index (χ1n) is 8.10. The summed E-state index contributed by atoms with van der Waals surface area (Å²) in [7, 11) is 0. The van der Waals surface area contributed by atoms with Crippen LogP contribution < -0.4 is 10.2 Å². The second kappa shape index (κ2) is 8.78. The molecule has 1 fully saturated rings. The third kappa shape index (κ3) is 4.71. The van der Waals surface area contributed by atoms with Crippen LogP contribution >= 0.6 is 34.8 Å². The van der Waals surface area contributed by atoms with Crippen molar-refractivity contribution in [3.63, 3.8) is 0 Å². The Balaban J connectivity index is 1.77. The number of hydrogen-bond acceptors (Lipinski definition) is 3. The number of halogens is 3. The minimum Gasteiger partial charge on any atom is -0.378 e. The van der Waals surface area contributed by atoms with E-state index in [1.54, 1.807) is 24.3 Å². The molecule has 7 heteroatoms. The van der Waals surface area contributed by atoms with Gasteiger partial charge in [-0.1, -0.05) is 46.9 Å². The molecule has 1 aliphatic heterocycles. The number of morpholine rings is 1. The lowest BCUT2D eigenvalue weighted by Crippen LogP contribution is -2.37. The van der Waals surface area contributed by atoms with Gasteiger partial charge in [0.2, 0.25) is 5.91 Å². The summed E-state index contributed by atoms with van der Waals surface area (Å²) in [4.78, 5) is 14.5. The highest BCUT2D eigenvalue weighted by Gasteiger charge is 2.18. The van der Waals surface area contributed by atoms with Crippen molar-refractivity contribution in [3.05, 3.63) is 63.1 Å². The van der Waals surface area contributed by atoms with Gasteiger partial charge >= 0.3 is 0 Å². The lowest BCUT2D eigenvalue weighted by atomic mass is 10.2. The molecule has 0 unspecified atom stereocenters. The minimum absolute atomic E-state index is 0.271. The Hall–Kier alpha value is -1.72. The van der Waals surface area contributed by atoms with E-state index in [0.717, 1.165) is 18.8 Å². The van der Waals surface area contributed by atoms with Crippen molar-refractivity contribution in [2.75, 3.05) is 36.5 Å². The highest BCUT2D eigenvalue weighted by Crippen LogP contribution is 2.34. The summed E-state index contributed by atoms with van der Waals surface area (Å²) in [5, 5.41) is 4.51. The first-order chi connectivity index (χ1) is 12.5. The first kappa shape index (κ1) is 19.1. The van der Waals surface area contributed by atoms with Gasteiger partial charge in [-0.25, -0.2) is 0 Å². The number of nitrogens with zero attached hydrogens (tertiary/aromatic N) is 1. The molecular formula is C19H17Cl3N2O2. The van der Waals surface area contributed by atoms with Gasteiger partial charge in [0.1, 0.15) is 0 Å². The molecule has 0 bridgehead atoms. The van der Waals surface area contributed by atoms with Crippen LogP contribution in [0.5, 0.6) is 0 Å². The number of carbonyl (C=O) groups excluding carboxylic acids is 1. The average Bonchev–Trinajstić information content (AvgIpc) is 2.62. The van der Waals surface area contributed by atoms with Crippen LogP contribution in [-0.4, -0.2) is 32.2 Å². The molecule has 4 nitrogen and oxygen atoms in total. The van der Waals surface area contributed by atoms with Gasteiger partial charge < -0.3 is 15.0 Å². The fourth-order valence-corrected chi connectivity index (χ4v) is 3.47. The van der Waals surface area contributed by atoms with Crippen molar-refractivity contribution in [1.82, 2.24) is 0 Å². The number of hydrogen-bond donors (Lipinski definition) is 1. The number of rotatable bonds is 4. The van der Waals surface area contributed by atoms with Gasteiger partial charge in [0.05, 0.1) is 29.6 Å². The van der Waals surface area contributed by atoms with E-state index in [-0.39, 0.29) is 5.91 Å². The van der Waals surface area contributed by atoms with Crippen LogP contribution in [-0.2, 0) is 9.53 Å². The molecule has 0 spiro atoms. The zero-order valence-electron chi connectivity index (χ0n) is 13.8. The number of benzene rings is 2. The predicted octanol–water partition coefficient (Wildman–Crippen LogP) is 5.14. The van der Waals surface area contributed by atoms with E-state index in [1.165, 1.54) is 6.08 Å². The van der Waals surface area contributed by atoms with Crippen LogP contribution in [0.15, 0.2) is 42.5 Å². The van der Waals surface area contributed by atoms with Gasteiger partial charge in [-0.3, -0.25) is 4.79 Å². The number of anilines is 2. The Morgan fingerprint density at radius 1 is 1.08 bits per heavy atom. The summed E-state index contributed by atoms with van der Waals surface area (Å²) < 4.78 is 5.38. The zero-order valence-corrected chi connectivity index (χ0v) is 16.1. The molecular weight excluding hydrogens is 395 g/mol. The van der Waals surface area contributed by atoms with E-state index < -0.39 is 0 Å². The Labute approximate surface area is 167 Å². The number of para-hydroxylation sites is 1. The normalized spacial score (nSPS) is 14.7. The predicted molar refractivity (Wildman–Crippen MR) is 109 cm³/mol. The maximum Gasteiger partial charge on any atom is 0.248 e. The van der Waals surface area contributed by atoms with E-state index in [2.05, 4.69) is 10.2 Å². The van der Waals surface area contributed by atoms with Gasteiger partial charge in [0.15, 0.2) is 0 Å². The summed E-state index contributed by atoms with van der Waals surface area (Å²) in [6.45, 7) is 2.72. The summed E-state index contributed by atoms with van der Waals surface area (Å²) in [6.07, 6.45) is 3.08. The lowest BCUT2D eigenvalue weighted by Gasteiger charge is -2.31. The quantitative estimate of drug-likeness (QED) is 0.709. The Bertz CT molecular complexity index is 834. The van der Waals surface area contributed by atoms with Crippen LogP contribution in [0.1, 0.15) is 5.56 Å². The van der Waals surface area contributed by atoms with Crippen molar-refractivity contribution < 1.29 is 9.53 Å². The van der Waals surface area contributed by atoms with Gasteiger partial charge in [-0.2, -0.15) is 0 Å². The standard InChI is InChI=1S/C19H17Cl3N2O2/c20-14-6-4-13(16(22)12-14)5-7-18(25)23-17-3-1-2-15(21)19(17)24-8-10-26-11-9-24/h1-7,12H,8-11H2,(H,23,25). The molecule has 2 aromatic rings. The second-order valence-electron chi connectivity index (χ2n) is 5.72. The molecule has 1 N–H and O–H groups in total. The topological polar surface area (TPSA) is 41.6 Å². The molecule has 1 amide bonds. The van der Waals surface area contributed by atoms with E-state index in [1.807, 2.05) is 18.2 Å². The third-order valence-electron chi connectivity index (χ3n) is 3.95. The first-order valence-corrected chi connectivity index (χ1v) is 9.23. The van der Waals surface area contributed by atoms with E-state index in [0.29, 0.717) is 39.5 Å². The van der Waals surface area contributed by atoms with Crippen LogP contribution in [0.3, 0.4) is 0 Å². The number of carbonyl (C=O) groups is 1. The van der Waals surface area contributed by atoms with Gasteiger partial charge in [-0.15, -0.1) is 0 Å². The van der Waals surface area contributed by atoms with Crippen LogP contribution in [0.4, 0.5) is 11.4 Å². The van der Waals surface area contributed by atoms with Gasteiger partial charge in [-0.05, 0) is 35.9 Å². The number of nitrogens with one attached hydrogen (secondary N) is 1. The van der Waals surface area contributed by atoms with Crippen molar-refractivity contribution in [2.24, 2.45) is 0 Å². The molecule has 0 aliphatic carbocycles. The maximum atomic E-state index is 12.4. The van der Waals surface area contributed by atoms with Gasteiger partial charge in [0.25, 0.3) is 0 Å². The molecule has 1 heterocycles.